The molecule has 1 fully saturated rings. The molecule has 1 atom stereocenters. The number of rotatable bonds is 7. The molecular weight excluding hydrogens is 445 g/mol. The fourth-order valence-electron chi connectivity index (χ4n) is 4.57. The molecule has 1 aromatic carbocycles. The van der Waals surface area contributed by atoms with Crippen molar-refractivity contribution >= 4 is 29.2 Å². The number of anilines is 1. The average molecular weight is 476 g/mol. The normalized spacial score (nSPS) is 19.5. The highest BCUT2D eigenvalue weighted by Crippen LogP contribution is 2.39. The number of nitrogens with one attached hydrogen (secondary N) is 1. The minimum absolute atomic E-state index is 0.186. The smallest absolute Gasteiger partial charge is 0.404 e. The van der Waals surface area contributed by atoms with Gasteiger partial charge in [-0.2, -0.15) is 0 Å². The van der Waals surface area contributed by atoms with Crippen LogP contribution in [0.25, 0.3) is 0 Å². The van der Waals surface area contributed by atoms with Gasteiger partial charge in [0, 0.05) is 24.0 Å². The molecule has 178 valence electrons. The molecule has 0 aliphatic heterocycles. The van der Waals surface area contributed by atoms with Gasteiger partial charge in [-0.25, -0.2) is 14.2 Å². The fraction of sp³-hybridized carbons (Fsp3) is 0.480. The van der Waals surface area contributed by atoms with E-state index in [2.05, 4.69) is 31.1 Å². The van der Waals surface area contributed by atoms with Crippen LogP contribution in [-0.4, -0.2) is 29.5 Å². The third kappa shape index (κ3) is 6.67. The number of pyridine rings is 1. The molecule has 3 rings (SSSR count). The second-order valence-electron chi connectivity index (χ2n) is 9.77. The van der Waals surface area contributed by atoms with E-state index in [1.54, 1.807) is 6.07 Å². The van der Waals surface area contributed by atoms with E-state index in [4.69, 9.17) is 22.1 Å². The zero-order valence-corrected chi connectivity index (χ0v) is 20.0. The summed E-state index contributed by atoms with van der Waals surface area (Å²) >= 11 is 6.08. The summed E-state index contributed by atoms with van der Waals surface area (Å²) < 4.78 is 18.7. The highest BCUT2D eigenvalue weighted by molar-refractivity contribution is 6.30. The van der Waals surface area contributed by atoms with Gasteiger partial charge in [-0.1, -0.05) is 32.4 Å². The highest BCUT2D eigenvalue weighted by atomic mass is 35.5. The molecule has 1 heterocycles. The number of benzene rings is 1. The van der Waals surface area contributed by atoms with Crippen molar-refractivity contribution in [1.82, 2.24) is 4.98 Å². The first kappa shape index (κ1) is 25.0. The molecule has 0 saturated heterocycles. The van der Waals surface area contributed by atoms with E-state index < -0.39 is 11.9 Å². The molecule has 1 aliphatic carbocycles. The Balaban J connectivity index is 1.64. The van der Waals surface area contributed by atoms with E-state index in [0.717, 1.165) is 25.7 Å². The number of ether oxygens (including phenoxy) is 1. The molecule has 1 amide bonds. The van der Waals surface area contributed by atoms with Gasteiger partial charge in [0.2, 0.25) is 0 Å². The van der Waals surface area contributed by atoms with E-state index in [0.29, 0.717) is 29.3 Å². The Morgan fingerprint density at radius 3 is 2.42 bits per heavy atom. The maximum absolute atomic E-state index is 13.2. The summed E-state index contributed by atoms with van der Waals surface area (Å²) in [5, 5.41) is 3.65. The monoisotopic (exact) mass is 475 g/mol. The fourth-order valence-corrected chi connectivity index (χ4v) is 4.73. The molecule has 1 aliphatic rings. The van der Waals surface area contributed by atoms with Gasteiger partial charge in [0.05, 0.1) is 5.56 Å². The Morgan fingerprint density at radius 1 is 1.21 bits per heavy atom. The molecule has 1 saturated carbocycles. The molecule has 33 heavy (non-hydrogen) atoms. The molecule has 1 unspecified atom stereocenters. The second-order valence-corrected chi connectivity index (χ2v) is 10.2. The number of halogens is 2. The molecule has 0 radical (unpaired) electrons. The topological polar surface area (TPSA) is 94.3 Å². The zero-order chi connectivity index (χ0) is 24.2. The lowest BCUT2D eigenvalue weighted by atomic mass is 9.72. The molecule has 0 bridgehead atoms. The second kappa shape index (κ2) is 10.5. The summed E-state index contributed by atoms with van der Waals surface area (Å²) in [6.45, 7) is 6.84. The molecule has 1 aromatic heterocycles. The highest BCUT2D eigenvalue weighted by Gasteiger charge is 2.37. The van der Waals surface area contributed by atoms with Gasteiger partial charge in [0.1, 0.15) is 17.1 Å². The number of nitrogens with zero attached hydrogens (tertiary/aromatic N) is 1. The molecule has 2 aromatic rings. The van der Waals surface area contributed by atoms with Crippen LogP contribution in [0.3, 0.4) is 0 Å². The van der Waals surface area contributed by atoms with Crippen molar-refractivity contribution in [2.24, 2.45) is 23.0 Å². The summed E-state index contributed by atoms with van der Waals surface area (Å²) in [5.74, 6) is 0.0162. The van der Waals surface area contributed by atoms with Crippen LogP contribution in [0.4, 0.5) is 14.9 Å². The van der Waals surface area contributed by atoms with Crippen LogP contribution in [0, 0.1) is 23.1 Å². The first-order valence-electron chi connectivity index (χ1n) is 11.2. The van der Waals surface area contributed by atoms with E-state index in [1.807, 2.05) is 0 Å². The Hall–Kier alpha value is -2.67. The number of hydrogen-bond acceptors (Lipinski definition) is 5. The van der Waals surface area contributed by atoms with Crippen molar-refractivity contribution < 1.29 is 18.7 Å². The van der Waals surface area contributed by atoms with E-state index in [-0.39, 0.29) is 28.4 Å². The van der Waals surface area contributed by atoms with Crippen LogP contribution in [-0.2, 0) is 4.74 Å². The van der Waals surface area contributed by atoms with Crippen molar-refractivity contribution in [3.8, 4) is 0 Å². The Labute approximate surface area is 199 Å². The number of amides is 1. The Kier molecular flexibility index (Phi) is 7.95. The van der Waals surface area contributed by atoms with Crippen LogP contribution in [0.1, 0.15) is 62.4 Å². The average Bonchev–Trinajstić information content (AvgIpc) is 2.76. The number of carbonyl (C=O) groups excluding carboxylic acids is 2. The summed E-state index contributed by atoms with van der Waals surface area (Å²) in [4.78, 5) is 28.4. The number of aromatic nitrogens is 1. The third-order valence-electron chi connectivity index (χ3n) is 6.22. The summed E-state index contributed by atoms with van der Waals surface area (Å²) in [7, 11) is 0. The SMILES string of the molecule is CC(C)(C)C(OC(N)=O)C1CCC(CNc2cc(Cl)ncc2C(=O)c2ccc(F)cc2)CC1. The van der Waals surface area contributed by atoms with Gasteiger partial charge in [0.25, 0.3) is 0 Å². The summed E-state index contributed by atoms with van der Waals surface area (Å²) in [5.41, 5.74) is 6.50. The van der Waals surface area contributed by atoms with Crippen molar-refractivity contribution in [3.05, 3.63) is 58.6 Å². The number of nitrogens with two attached hydrogens (primary N) is 1. The van der Waals surface area contributed by atoms with Crippen molar-refractivity contribution in [1.29, 1.82) is 0 Å². The Bertz CT molecular complexity index is 983. The van der Waals surface area contributed by atoms with Crippen molar-refractivity contribution in [2.45, 2.75) is 52.6 Å². The minimum Gasteiger partial charge on any atom is -0.446 e. The van der Waals surface area contributed by atoms with E-state index >= 15 is 0 Å². The predicted molar refractivity (Wildman–Crippen MR) is 127 cm³/mol. The molecule has 8 heteroatoms. The van der Waals surface area contributed by atoms with Crippen LogP contribution >= 0.6 is 11.6 Å². The third-order valence-corrected chi connectivity index (χ3v) is 6.43. The van der Waals surface area contributed by atoms with Crippen molar-refractivity contribution in [3.63, 3.8) is 0 Å². The summed E-state index contributed by atoms with van der Waals surface area (Å²) in [6, 6.07) is 7.07. The number of hydrogen-bond donors (Lipinski definition) is 2. The number of ketones is 1. The lowest BCUT2D eigenvalue weighted by molar-refractivity contribution is -0.0187. The van der Waals surface area contributed by atoms with Gasteiger partial charge in [-0.05, 0) is 73.3 Å². The molecule has 0 spiro atoms. The first-order chi connectivity index (χ1) is 15.5. The standard InChI is InChI=1S/C25H31ClFN3O3/c1-25(2,3)23(33-24(28)32)17-6-4-15(5-7-17)13-29-20-12-21(26)30-14-19(20)22(31)16-8-10-18(27)11-9-16/h8-12,14-15,17,23H,4-7,13H2,1-3H3,(H2,28,32)(H,29,30). The van der Waals surface area contributed by atoms with Crippen LogP contribution in [0.5, 0.6) is 0 Å². The van der Waals surface area contributed by atoms with Gasteiger partial charge >= 0.3 is 6.09 Å². The van der Waals surface area contributed by atoms with E-state index in [9.17, 15) is 14.0 Å². The van der Waals surface area contributed by atoms with Gasteiger partial charge in [-0.15, -0.1) is 0 Å². The van der Waals surface area contributed by atoms with E-state index in [1.165, 1.54) is 30.5 Å². The lowest BCUT2D eigenvalue weighted by Crippen LogP contribution is -2.41. The van der Waals surface area contributed by atoms with Gasteiger partial charge < -0.3 is 15.8 Å². The quantitative estimate of drug-likeness (QED) is 0.388. The molecule has 3 N–H and O–H groups in total. The first-order valence-corrected chi connectivity index (χ1v) is 11.6. The maximum Gasteiger partial charge on any atom is 0.404 e. The Morgan fingerprint density at radius 2 is 1.85 bits per heavy atom. The number of primary amides is 1. The molecule has 6 nitrogen and oxygen atoms in total. The van der Waals surface area contributed by atoms with Crippen molar-refractivity contribution in [2.75, 3.05) is 11.9 Å². The predicted octanol–water partition coefficient (Wildman–Crippen LogP) is 5.83. The molecular formula is C25H31ClFN3O3. The van der Waals surface area contributed by atoms with Crippen LogP contribution in [0.15, 0.2) is 36.5 Å². The lowest BCUT2D eigenvalue weighted by Gasteiger charge is -2.39. The zero-order valence-electron chi connectivity index (χ0n) is 19.2. The van der Waals surface area contributed by atoms with Crippen LogP contribution < -0.4 is 11.1 Å². The van der Waals surface area contributed by atoms with Gasteiger partial charge in [-0.3, -0.25) is 4.79 Å². The number of carbonyl (C=O) groups is 2. The van der Waals surface area contributed by atoms with Gasteiger partial charge in [0.15, 0.2) is 5.78 Å². The summed E-state index contributed by atoms with van der Waals surface area (Å²) in [6.07, 6.45) is 4.29. The minimum atomic E-state index is -0.730. The largest absolute Gasteiger partial charge is 0.446 e. The van der Waals surface area contributed by atoms with Crippen LogP contribution in [0.2, 0.25) is 5.15 Å². The maximum atomic E-state index is 13.2.